The van der Waals surface area contributed by atoms with Crippen molar-refractivity contribution in [2.45, 2.75) is 19.6 Å². The number of hydrogen-bond donors (Lipinski definition) is 2. The first kappa shape index (κ1) is 28.3. The van der Waals surface area contributed by atoms with Crippen LogP contribution in [0.1, 0.15) is 11.1 Å². The van der Waals surface area contributed by atoms with Gasteiger partial charge in [-0.2, -0.15) is 10.1 Å². The summed E-state index contributed by atoms with van der Waals surface area (Å²) in [7, 11) is 2.84. The van der Waals surface area contributed by atoms with E-state index in [4.69, 9.17) is 16.3 Å². The lowest BCUT2D eigenvalue weighted by molar-refractivity contribution is -0.384. The van der Waals surface area contributed by atoms with Crippen molar-refractivity contribution in [3.63, 3.8) is 0 Å². The Morgan fingerprint density at radius 1 is 1.20 bits per heavy atom. The van der Waals surface area contributed by atoms with Crippen molar-refractivity contribution >= 4 is 46.7 Å². The van der Waals surface area contributed by atoms with Crippen LogP contribution >= 0.6 is 11.6 Å². The molecule has 0 saturated carbocycles. The fraction of sp³-hybridized carbons (Fsp3) is 0.231. The number of nitro benzene ring substituents is 1. The molecule has 13 nitrogen and oxygen atoms in total. The lowest BCUT2D eigenvalue weighted by Gasteiger charge is -2.16. The van der Waals surface area contributed by atoms with Gasteiger partial charge in [-0.25, -0.2) is 10.2 Å². The Labute approximate surface area is 232 Å². The van der Waals surface area contributed by atoms with Crippen LogP contribution in [0.3, 0.4) is 0 Å². The number of ether oxygens (including phenoxy) is 1. The zero-order valence-corrected chi connectivity index (χ0v) is 22.6. The van der Waals surface area contributed by atoms with Gasteiger partial charge in [0.2, 0.25) is 5.95 Å². The van der Waals surface area contributed by atoms with Gasteiger partial charge in [-0.05, 0) is 42.3 Å². The molecule has 2 aromatic carbocycles. The molecule has 0 radical (unpaired) electrons. The highest BCUT2D eigenvalue weighted by atomic mass is 35.5. The van der Waals surface area contributed by atoms with Gasteiger partial charge in [0.05, 0.1) is 22.7 Å². The fourth-order valence-electron chi connectivity index (χ4n) is 3.92. The van der Waals surface area contributed by atoms with E-state index in [-0.39, 0.29) is 41.0 Å². The van der Waals surface area contributed by atoms with Crippen LogP contribution in [0.5, 0.6) is 5.75 Å². The first-order chi connectivity index (χ1) is 19.1. The molecule has 0 aliphatic rings. The van der Waals surface area contributed by atoms with E-state index in [0.29, 0.717) is 11.3 Å². The standard InChI is InChI=1S/C26H26ClN7O6/c1-16-6-4-5-7-21(16)40-15-20(35)14-33-22-23(31(2)26(37)32(3)24(22)36)29-25(33)30-28-13-18(27)12-17-8-10-19(11-9-17)34(38)39/h4-13,20,35H,14-15H2,1-3H3,(H,29,30)/b18-12+,28-13+. The van der Waals surface area contributed by atoms with Gasteiger partial charge in [0.15, 0.2) is 11.2 Å². The molecule has 0 saturated heterocycles. The Bertz CT molecular complexity index is 1740. The minimum absolute atomic E-state index is 0.0467. The number of halogens is 1. The molecule has 208 valence electrons. The van der Waals surface area contributed by atoms with E-state index in [1.807, 2.05) is 25.1 Å². The Hall–Kier alpha value is -4.75. The van der Waals surface area contributed by atoms with E-state index in [2.05, 4.69) is 15.5 Å². The van der Waals surface area contributed by atoms with Crippen LogP contribution in [0.25, 0.3) is 17.2 Å². The number of nitrogens with zero attached hydrogens (tertiary/aromatic N) is 6. The molecule has 14 heteroatoms. The number of non-ortho nitro benzene ring substituents is 1. The van der Waals surface area contributed by atoms with Gasteiger partial charge in [-0.1, -0.05) is 29.8 Å². The van der Waals surface area contributed by atoms with E-state index < -0.39 is 22.3 Å². The number of hydrazone groups is 1. The Morgan fingerprint density at radius 3 is 2.58 bits per heavy atom. The molecular weight excluding hydrogens is 542 g/mol. The van der Waals surface area contributed by atoms with Crippen LogP contribution in [0.15, 0.2) is 68.3 Å². The molecule has 2 heterocycles. The minimum Gasteiger partial charge on any atom is -0.491 e. The zero-order chi connectivity index (χ0) is 29.0. The lowest BCUT2D eigenvalue weighted by atomic mass is 10.2. The van der Waals surface area contributed by atoms with Gasteiger partial charge >= 0.3 is 5.69 Å². The summed E-state index contributed by atoms with van der Waals surface area (Å²) in [5.74, 6) is 0.701. The highest BCUT2D eigenvalue weighted by molar-refractivity contribution is 6.41. The van der Waals surface area contributed by atoms with Crippen molar-refractivity contribution < 1.29 is 14.8 Å². The van der Waals surface area contributed by atoms with E-state index in [0.717, 1.165) is 10.1 Å². The van der Waals surface area contributed by atoms with Crippen molar-refractivity contribution in [1.82, 2.24) is 18.7 Å². The molecule has 2 aromatic heterocycles. The molecule has 1 unspecified atom stereocenters. The average molecular weight is 568 g/mol. The summed E-state index contributed by atoms with van der Waals surface area (Å²) in [5, 5.41) is 25.9. The third kappa shape index (κ3) is 6.11. The third-order valence-electron chi connectivity index (χ3n) is 6.03. The summed E-state index contributed by atoms with van der Waals surface area (Å²) in [6.07, 6.45) is 1.78. The number of aromatic nitrogens is 4. The van der Waals surface area contributed by atoms with Crippen molar-refractivity contribution in [2.24, 2.45) is 19.2 Å². The van der Waals surface area contributed by atoms with Crippen molar-refractivity contribution in [3.8, 4) is 5.75 Å². The van der Waals surface area contributed by atoms with Crippen molar-refractivity contribution in [3.05, 3.63) is 95.6 Å². The highest BCUT2D eigenvalue weighted by Gasteiger charge is 2.21. The molecule has 0 spiro atoms. The second-order valence-electron chi connectivity index (χ2n) is 8.90. The summed E-state index contributed by atoms with van der Waals surface area (Å²) >= 11 is 6.25. The molecule has 1 atom stereocenters. The van der Waals surface area contributed by atoms with Gasteiger partial charge in [-0.3, -0.25) is 24.0 Å². The van der Waals surface area contributed by atoms with Crippen LogP contribution in [0.4, 0.5) is 11.6 Å². The number of nitrogens with one attached hydrogen (secondary N) is 1. The van der Waals surface area contributed by atoms with Crippen LogP contribution in [-0.2, 0) is 20.6 Å². The van der Waals surface area contributed by atoms with Gasteiger partial charge in [0.1, 0.15) is 18.5 Å². The molecular formula is C26H26ClN7O6. The monoisotopic (exact) mass is 567 g/mol. The number of allylic oxidation sites excluding steroid dienone is 1. The van der Waals surface area contributed by atoms with Crippen molar-refractivity contribution in [1.29, 1.82) is 0 Å². The van der Waals surface area contributed by atoms with Gasteiger partial charge in [0, 0.05) is 26.2 Å². The lowest BCUT2D eigenvalue weighted by Crippen LogP contribution is -2.38. The number of benzene rings is 2. The SMILES string of the molecule is Cc1ccccc1OCC(O)Cn1c(N/N=C/C(Cl)=C\c2ccc([N+](=O)[O-])cc2)nc2c1c(=O)n(C)c(=O)n2C. The van der Waals surface area contributed by atoms with E-state index in [1.54, 1.807) is 12.1 Å². The number of nitro groups is 1. The maximum atomic E-state index is 13.0. The molecule has 2 N–H and O–H groups in total. The number of para-hydroxylation sites is 1. The van der Waals surface area contributed by atoms with Crippen LogP contribution < -0.4 is 21.4 Å². The van der Waals surface area contributed by atoms with Crippen LogP contribution in [-0.4, -0.2) is 47.6 Å². The molecule has 40 heavy (non-hydrogen) atoms. The quantitative estimate of drug-likeness (QED) is 0.168. The number of rotatable bonds is 10. The van der Waals surface area contributed by atoms with E-state index in [1.165, 1.54) is 53.7 Å². The molecule has 4 rings (SSSR count). The number of imidazole rings is 1. The molecule has 0 fully saturated rings. The largest absolute Gasteiger partial charge is 0.491 e. The molecule has 0 amide bonds. The molecule has 0 bridgehead atoms. The zero-order valence-electron chi connectivity index (χ0n) is 21.8. The summed E-state index contributed by atoms with van der Waals surface area (Å²) in [4.78, 5) is 40.2. The first-order valence-corrected chi connectivity index (χ1v) is 12.4. The smallest absolute Gasteiger partial charge is 0.332 e. The number of fused-ring (bicyclic) bond motifs is 1. The summed E-state index contributed by atoms with van der Waals surface area (Å²) in [6.45, 7) is 1.72. The number of aryl methyl sites for hydroxylation is 2. The van der Waals surface area contributed by atoms with Gasteiger partial charge < -0.3 is 14.4 Å². The Morgan fingerprint density at radius 2 is 1.90 bits per heavy atom. The van der Waals surface area contributed by atoms with Crippen molar-refractivity contribution in [2.75, 3.05) is 12.0 Å². The van der Waals surface area contributed by atoms with E-state index in [9.17, 15) is 24.8 Å². The maximum Gasteiger partial charge on any atom is 0.332 e. The second kappa shape index (κ2) is 12.0. The minimum atomic E-state index is -1.05. The molecule has 0 aliphatic heterocycles. The van der Waals surface area contributed by atoms with Crippen LogP contribution in [0.2, 0.25) is 0 Å². The predicted molar refractivity (Wildman–Crippen MR) is 152 cm³/mol. The first-order valence-electron chi connectivity index (χ1n) is 12.0. The highest BCUT2D eigenvalue weighted by Crippen LogP contribution is 2.19. The number of hydrogen-bond acceptors (Lipinski definition) is 9. The number of aliphatic hydroxyl groups excluding tert-OH is 1. The molecule has 0 aliphatic carbocycles. The number of aliphatic hydroxyl groups is 1. The third-order valence-corrected chi connectivity index (χ3v) is 6.23. The summed E-state index contributed by atoms with van der Waals surface area (Å²) < 4.78 is 9.35. The van der Waals surface area contributed by atoms with E-state index >= 15 is 0 Å². The second-order valence-corrected chi connectivity index (χ2v) is 9.34. The Kier molecular flexibility index (Phi) is 8.46. The molecule has 4 aromatic rings. The van der Waals surface area contributed by atoms with Gasteiger partial charge in [-0.15, -0.1) is 0 Å². The van der Waals surface area contributed by atoms with Crippen LogP contribution in [0, 0.1) is 17.0 Å². The average Bonchev–Trinajstić information content (AvgIpc) is 3.28. The number of anilines is 1. The predicted octanol–water partition coefficient (Wildman–Crippen LogP) is 2.77. The normalized spacial score (nSPS) is 12.7. The Balaban J connectivity index is 1.60. The summed E-state index contributed by atoms with van der Waals surface area (Å²) in [6, 6.07) is 13.2. The topological polar surface area (TPSA) is 159 Å². The summed E-state index contributed by atoms with van der Waals surface area (Å²) in [5.41, 5.74) is 3.23. The van der Waals surface area contributed by atoms with Gasteiger partial charge in [0.25, 0.3) is 11.2 Å². The fourth-order valence-corrected chi connectivity index (χ4v) is 4.09. The maximum absolute atomic E-state index is 13.0.